The normalized spacial score (nSPS) is 10.5. The van der Waals surface area contributed by atoms with E-state index in [2.05, 4.69) is 44.8 Å². The van der Waals surface area contributed by atoms with E-state index in [-0.39, 0.29) is 0 Å². The number of unbranched alkanes of at least 4 members (excludes halogenated alkanes) is 4. The van der Waals surface area contributed by atoms with E-state index in [4.69, 9.17) is 4.74 Å². The number of halogens is 2. The lowest BCUT2D eigenvalue weighted by Gasteiger charge is -2.08. The molecule has 0 saturated carbocycles. The van der Waals surface area contributed by atoms with Crippen LogP contribution in [-0.4, -0.2) is 6.61 Å². The zero-order valence-corrected chi connectivity index (χ0v) is 13.5. The third-order valence-corrected chi connectivity index (χ3v) is 4.06. The summed E-state index contributed by atoms with van der Waals surface area (Å²) in [6.45, 7) is 3.06. The molecule has 0 N–H and O–H groups in total. The highest BCUT2D eigenvalue weighted by Gasteiger charge is 2.01. The Bertz CT molecular complexity index is 326. The summed E-state index contributed by atoms with van der Waals surface area (Å²) >= 11 is 6.98. The van der Waals surface area contributed by atoms with Gasteiger partial charge in [-0.3, -0.25) is 0 Å². The highest BCUT2D eigenvalue weighted by molar-refractivity contribution is 9.10. The Hall–Kier alpha value is -0.0200. The Balaban J connectivity index is 2.27. The van der Waals surface area contributed by atoms with Crippen LogP contribution < -0.4 is 4.74 Å². The van der Waals surface area contributed by atoms with E-state index in [9.17, 15) is 0 Å². The Morgan fingerprint density at radius 1 is 1.12 bits per heavy atom. The molecule has 17 heavy (non-hydrogen) atoms. The van der Waals surface area contributed by atoms with Crippen LogP contribution in [0.3, 0.4) is 0 Å². The molecule has 0 aliphatic heterocycles. The Labute approximate surface area is 121 Å². The van der Waals surface area contributed by atoms with Crippen LogP contribution >= 0.6 is 31.9 Å². The maximum Gasteiger partial charge on any atom is 0.119 e. The molecule has 0 saturated heterocycles. The van der Waals surface area contributed by atoms with E-state index in [0.29, 0.717) is 0 Å². The van der Waals surface area contributed by atoms with Crippen molar-refractivity contribution in [3.05, 3.63) is 28.2 Å². The molecule has 0 aliphatic carbocycles. The Morgan fingerprint density at radius 3 is 2.59 bits per heavy atom. The van der Waals surface area contributed by atoms with E-state index in [1.54, 1.807) is 0 Å². The molecular formula is C14H20Br2O. The Kier molecular flexibility index (Phi) is 7.95. The van der Waals surface area contributed by atoms with E-state index in [1.807, 2.05) is 12.1 Å². The predicted octanol–water partition coefficient (Wildman–Crippen LogP) is 5.69. The molecule has 0 aliphatic rings. The molecule has 0 aromatic heterocycles. The van der Waals surface area contributed by atoms with Crippen molar-refractivity contribution in [2.75, 3.05) is 6.61 Å². The zero-order chi connectivity index (χ0) is 12.5. The summed E-state index contributed by atoms with van der Waals surface area (Å²) in [5, 5.41) is 0.848. The van der Waals surface area contributed by atoms with Gasteiger partial charge in [0.15, 0.2) is 0 Å². The van der Waals surface area contributed by atoms with Gasteiger partial charge >= 0.3 is 0 Å². The van der Waals surface area contributed by atoms with Crippen molar-refractivity contribution in [1.29, 1.82) is 0 Å². The smallest absolute Gasteiger partial charge is 0.119 e. The van der Waals surface area contributed by atoms with Crippen molar-refractivity contribution < 1.29 is 4.74 Å². The fourth-order valence-electron chi connectivity index (χ4n) is 1.64. The van der Waals surface area contributed by atoms with E-state index >= 15 is 0 Å². The molecule has 0 fully saturated rings. The van der Waals surface area contributed by atoms with Gasteiger partial charge in [-0.2, -0.15) is 0 Å². The van der Waals surface area contributed by atoms with Gasteiger partial charge in [-0.05, 0) is 30.2 Å². The van der Waals surface area contributed by atoms with Crippen LogP contribution in [0, 0.1) is 0 Å². The highest BCUT2D eigenvalue weighted by Crippen LogP contribution is 2.24. The van der Waals surface area contributed by atoms with Crippen LogP contribution in [0.5, 0.6) is 5.75 Å². The summed E-state index contributed by atoms with van der Waals surface area (Å²) in [6, 6.07) is 6.15. The molecule has 1 aromatic carbocycles. The fourth-order valence-corrected chi connectivity index (χ4v) is 2.87. The maximum atomic E-state index is 5.74. The van der Waals surface area contributed by atoms with Gasteiger partial charge in [-0.1, -0.05) is 64.5 Å². The quantitative estimate of drug-likeness (QED) is 0.425. The van der Waals surface area contributed by atoms with Gasteiger partial charge < -0.3 is 4.74 Å². The number of hydrogen-bond donors (Lipinski definition) is 0. The molecule has 0 bridgehead atoms. The minimum Gasteiger partial charge on any atom is -0.494 e. The van der Waals surface area contributed by atoms with Crippen molar-refractivity contribution in [1.82, 2.24) is 0 Å². The predicted molar refractivity (Wildman–Crippen MR) is 81.0 cm³/mol. The molecule has 1 rings (SSSR count). The van der Waals surface area contributed by atoms with Crippen molar-refractivity contribution >= 4 is 31.9 Å². The third-order valence-electron chi connectivity index (χ3n) is 2.68. The summed E-state index contributed by atoms with van der Waals surface area (Å²) in [7, 11) is 0. The first kappa shape index (κ1) is 15.0. The lowest BCUT2D eigenvalue weighted by Crippen LogP contribution is -1.97. The minimum absolute atomic E-state index is 0.826. The van der Waals surface area contributed by atoms with E-state index in [0.717, 1.165) is 28.6 Å². The number of benzene rings is 1. The molecule has 0 unspecified atom stereocenters. The highest BCUT2D eigenvalue weighted by atomic mass is 79.9. The molecular weight excluding hydrogens is 344 g/mol. The van der Waals surface area contributed by atoms with Crippen LogP contribution in [0.1, 0.15) is 44.6 Å². The van der Waals surface area contributed by atoms with Gasteiger partial charge in [0, 0.05) is 9.80 Å². The van der Waals surface area contributed by atoms with Crippen LogP contribution in [0.15, 0.2) is 22.7 Å². The first-order valence-electron chi connectivity index (χ1n) is 6.25. The second-order valence-corrected chi connectivity index (χ2v) is 5.56. The van der Waals surface area contributed by atoms with Gasteiger partial charge in [-0.25, -0.2) is 0 Å². The summed E-state index contributed by atoms with van der Waals surface area (Å²) in [6.07, 6.45) is 6.39. The molecule has 3 heteroatoms. The van der Waals surface area contributed by atoms with Crippen molar-refractivity contribution in [3.8, 4) is 5.75 Å². The van der Waals surface area contributed by atoms with Gasteiger partial charge in [-0.15, -0.1) is 0 Å². The van der Waals surface area contributed by atoms with Gasteiger partial charge in [0.2, 0.25) is 0 Å². The number of rotatable bonds is 8. The van der Waals surface area contributed by atoms with Crippen molar-refractivity contribution in [2.45, 2.75) is 44.4 Å². The van der Waals surface area contributed by atoms with Crippen LogP contribution in [-0.2, 0) is 5.33 Å². The molecule has 0 amide bonds. The molecule has 0 atom stereocenters. The SMILES string of the molecule is CCCCCCCOc1ccc(Br)c(CBr)c1. The average Bonchev–Trinajstić information content (AvgIpc) is 2.35. The fraction of sp³-hybridized carbons (Fsp3) is 0.571. The molecule has 1 nitrogen and oxygen atoms in total. The maximum absolute atomic E-state index is 5.74. The minimum atomic E-state index is 0.826. The second kappa shape index (κ2) is 8.98. The van der Waals surface area contributed by atoms with Gasteiger partial charge in [0.05, 0.1) is 6.61 Å². The van der Waals surface area contributed by atoms with Crippen LogP contribution in [0.25, 0.3) is 0 Å². The van der Waals surface area contributed by atoms with Gasteiger partial charge in [0.25, 0.3) is 0 Å². The Morgan fingerprint density at radius 2 is 1.88 bits per heavy atom. The summed E-state index contributed by atoms with van der Waals surface area (Å²) in [5.74, 6) is 0.971. The largest absolute Gasteiger partial charge is 0.494 e. The summed E-state index contributed by atoms with van der Waals surface area (Å²) in [4.78, 5) is 0. The molecule has 0 spiro atoms. The lowest BCUT2D eigenvalue weighted by molar-refractivity contribution is 0.304. The zero-order valence-electron chi connectivity index (χ0n) is 10.3. The van der Waals surface area contributed by atoms with E-state index < -0.39 is 0 Å². The van der Waals surface area contributed by atoms with Crippen LogP contribution in [0.4, 0.5) is 0 Å². The monoisotopic (exact) mass is 362 g/mol. The standard InChI is InChI=1S/C14H20Br2O/c1-2-3-4-5-6-9-17-13-7-8-14(16)12(10-13)11-15/h7-8,10H,2-6,9,11H2,1H3. The number of hydrogen-bond acceptors (Lipinski definition) is 1. The number of ether oxygens (including phenoxy) is 1. The molecule has 96 valence electrons. The molecule has 0 radical (unpaired) electrons. The molecule has 1 aromatic rings. The average molecular weight is 364 g/mol. The number of alkyl halides is 1. The summed E-state index contributed by atoms with van der Waals surface area (Å²) in [5.41, 5.74) is 1.23. The topological polar surface area (TPSA) is 9.23 Å². The molecule has 0 heterocycles. The van der Waals surface area contributed by atoms with Crippen LogP contribution in [0.2, 0.25) is 0 Å². The first-order valence-corrected chi connectivity index (χ1v) is 8.16. The van der Waals surface area contributed by atoms with E-state index in [1.165, 1.54) is 31.2 Å². The summed E-state index contributed by atoms with van der Waals surface area (Å²) < 4.78 is 6.87. The second-order valence-electron chi connectivity index (χ2n) is 4.15. The van der Waals surface area contributed by atoms with Crippen molar-refractivity contribution in [2.24, 2.45) is 0 Å². The van der Waals surface area contributed by atoms with Gasteiger partial charge in [0.1, 0.15) is 5.75 Å². The van der Waals surface area contributed by atoms with Crippen molar-refractivity contribution in [3.63, 3.8) is 0 Å². The third kappa shape index (κ3) is 5.91. The first-order chi connectivity index (χ1) is 8.27. The lowest BCUT2D eigenvalue weighted by atomic mass is 10.2.